The molecule has 0 fully saturated rings. The molecule has 0 atom stereocenters. The number of hydrogen-bond acceptors (Lipinski definition) is 3. The van der Waals surface area contributed by atoms with E-state index in [-0.39, 0.29) is 23.8 Å². The number of nitrogens with one attached hydrogen (secondary N) is 2. The maximum atomic E-state index is 12.6. The van der Waals surface area contributed by atoms with Gasteiger partial charge in [0.2, 0.25) is 5.91 Å². The molecule has 1 heterocycles. The summed E-state index contributed by atoms with van der Waals surface area (Å²) in [4.78, 5) is 24.9. The number of benzene rings is 2. The lowest BCUT2D eigenvalue weighted by atomic mass is 9.92. The van der Waals surface area contributed by atoms with Crippen molar-refractivity contribution in [1.29, 1.82) is 0 Å². The number of aryl methyl sites for hydroxylation is 1. The summed E-state index contributed by atoms with van der Waals surface area (Å²) in [5, 5.41) is 10.3. The largest absolute Gasteiger partial charge is 0.343 e. The van der Waals surface area contributed by atoms with E-state index < -0.39 is 0 Å². The molecule has 0 saturated carbocycles. The fourth-order valence-corrected chi connectivity index (χ4v) is 3.37. The van der Waals surface area contributed by atoms with Gasteiger partial charge in [-0.05, 0) is 46.6 Å². The molecule has 3 rings (SSSR count). The number of hydrogen-bond donors (Lipinski definition) is 2. The smallest absolute Gasteiger partial charge is 0.252 e. The zero-order valence-corrected chi connectivity index (χ0v) is 19.1. The van der Waals surface area contributed by atoms with E-state index in [0.29, 0.717) is 15.9 Å². The quantitative estimate of drug-likeness (QED) is 0.573. The number of anilines is 1. The molecule has 0 aliphatic rings. The molecule has 1 aromatic heterocycles. The van der Waals surface area contributed by atoms with E-state index in [1.807, 2.05) is 43.3 Å². The third-order valence-corrected chi connectivity index (χ3v) is 5.31. The second kappa shape index (κ2) is 8.83. The highest BCUT2D eigenvalue weighted by Crippen LogP contribution is 2.27. The highest BCUT2D eigenvalue weighted by molar-refractivity contribution is 9.10. The summed E-state index contributed by atoms with van der Waals surface area (Å²) < 4.78 is 2.42. The second-order valence-electron chi connectivity index (χ2n) is 8.07. The van der Waals surface area contributed by atoms with Crippen molar-refractivity contribution in [2.24, 2.45) is 0 Å². The number of rotatable bonds is 5. The van der Waals surface area contributed by atoms with E-state index in [9.17, 15) is 9.59 Å². The monoisotopic (exact) mass is 468 g/mol. The molecule has 156 valence electrons. The topological polar surface area (TPSA) is 76.0 Å². The lowest BCUT2D eigenvalue weighted by Gasteiger charge is -2.14. The van der Waals surface area contributed by atoms with Gasteiger partial charge in [-0.2, -0.15) is 5.10 Å². The van der Waals surface area contributed by atoms with Crippen LogP contribution in [0.5, 0.6) is 0 Å². The first kappa shape index (κ1) is 21.8. The van der Waals surface area contributed by atoms with Crippen LogP contribution in [0.4, 0.5) is 5.82 Å². The second-order valence-corrected chi connectivity index (χ2v) is 8.93. The van der Waals surface area contributed by atoms with Gasteiger partial charge in [0, 0.05) is 16.0 Å². The van der Waals surface area contributed by atoms with Gasteiger partial charge in [0.25, 0.3) is 5.91 Å². The van der Waals surface area contributed by atoms with Gasteiger partial charge >= 0.3 is 0 Å². The van der Waals surface area contributed by atoms with Crippen molar-refractivity contribution >= 4 is 33.6 Å². The lowest BCUT2D eigenvalue weighted by Crippen LogP contribution is -2.33. The highest BCUT2D eigenvalue weighted by Gasteiger charge is 2.22. The van der Waals surface area contributed by atoms with E-state index in [2.05, 4.69) is 47.3 Å². The fourth-order valence-electron chi connectivity index (χ4n) is 2.91. The van der Waals surface area contributed by atoms with Crippen molar-refractivity contribution in [2.75, 3.05) is 11.9 Å². The van der Waals surface area contributed by atoms with E-state index in [1.54, 1.807) is 22.9 Å². The van der Waals surface area contributed by atoms with Crippen LogP contribution in [0.15, 0.2) is 59.1 Å². The molecule has 0 unspecified atom stereocenters. The molecule has 7 heteroatoms. The molecule has 30 heavy (non-hydrogen) atoms. The van der Waals surface area contributed by atoms with Crippen molar-refractivity contribution in [3.05, 3.63) is 75.9 Å². The van der Waals surface area contributed by atoms with E-state index >= 15 is 0 Å². The third-order valence-electron chi connectivity index (χ3n) is 4.62. The van der Waals surface area contributed by atoms with Crippen LogP contribution >= 0.6 is 15.9 Å². The molecule has 6 nitrogen and oxygen atoms in total. The highest BCUT2D eigenvalue weighted by atomic mass is 79.9. The fraction of sp³-hybridized carbons (Fsp3) is 0.261. The van der Waals surface area contributed by atoms with E-state index in [4.69, 9.17) is 5.10 Å². The Hall–Kier alpha value is -2.93. The van der Waals surface area contributed by atoms with Crippen LogP contribution in [0, 0.1) is 6.92 Å². The van der Waals surface area contributed by atoms with E-state index in [0.717, 1.165) is 16.9 Å². The standard InChI is InChI=1S/C23H25BrN4O2/c1-15-9-5-8-12-18(15)28-20(13-19(27-28)23(2,3)4)26-21(29)14-25-22(30)16-10-6-7-11-17(16)24/h5-13H,14H2,1-4H3,(H,25,30)(H,26,29). The number of amides is 2. The summed E-state index contributed by atoms with van der Waals surface area (Å²) in [6, 6.07) is 16.8. The molecule has 0 aliphatic carbocycles. The van der Waals surface area contributed by atoms with Gasteiger partial charge in [0.15, 0.2) is 0 Å². The molecule has 2 amide bonds. The lowest BCUT2D eigenvalue weighted by molar-refractivity contribution is -0.115. The van der Waals surface area contributed by atoms with Crippen molar-refractivity contribution in [3.63, 3.8) is 0 Å². The van der Waals surface area contributed by atoms with Crippen molar-refractivity contribution in [3.8, 4) is 5.69 Å². The SMILES string of the molecule is Cc1ccccc1-n1nc(C(C)(C)C)cc1NC(=O)CNC(=O)c1ccccc1Br. The summed E-state index contributed by atoms with van der Waals surface area (Å²) in [6.45, 7) is 8.06. The molecular weight excluding hydrogens is 444 g/mol. The maximum absolute atomic E-state index is 12.6. The molecule has 3 aromatic rings. The van der Waals surface area contributed by atoms with Gasteiger partial charge in [-0.1, -0.05) is 51.1 Å². The Morgan fingerprint density at radius 2 is 1.73 bits per heavy atom. The van der Waals surface area contributed by atoms with Crippen LogP contribution in [0.1, 0.15) is 42.4 Å². The van der Waals surface area contributed by atoms with Crippen LogP contribution in [-0.2, 0) is 10.2 Å². The Bertz CT molecular complexity index is 1080. The summed E-state index contributed by atoms with van der Waals surface area (Å²) in [5.41, 5.74) is 3.09. The minimum atomic E-state index is -0.328. The van der Waals surface area contributed by atoms with Crippen molar-refractivity contribution in [1.82, 2.24) is 15.1 Å². The zero-order valence-electron chi connectivity index (χ0n) is 17.5. The molecule has 2 aromatic carbocycles. The summed E-state index contributed by atoms with van der Waals surface area (Å²) in [7, 11) is 0. The number of aromatic nitrogens is 2. The number of halogens is 1. The Morgan fingerprint density at radius 3 is 2.40 bits per heavy atom. The Balaban J connectivity index is 1.79. The van der Waals surface area contributed by atoms with Crippen LogP contribution in [-0.4, -0.2) is 28.1 Å². The molecule has 2 N–H and O–H groups in total. The molecule has 0 aliphatic heterocycles. The first-order valence-electron chi connectivity index (χ1n) is 9.66. The first-order chi connectivity index (χ1) is 14.2. The van der Waals surface area contributed by atoms with Crippen LogP contribution in [0.25, 0.3) is 5.69 Å². The van der Waals surface area contributed by atoms with Gasteiger partial charge < -0.3 is 10.6 Å². The van der Waals surface area contributed by atoms with Gasteiger partial charge in [0.1, 0.15) is 5.82 Å². The summed E-state index contributed by atoms with van der Waals surface area (Å²) in [5.74, 6) is -0.0830. The maximum Gasteiger partial charge on any atom is 0.252 e. The Labute approximate surface area is 184 Å². The summed E-state index contributed by atoms with van der Waals surface area (Å²) in [6.07, 6.45) is 0. The number of para-hydroxylation sites is 1. The van der Waals surface area contributed by atoms with E-state index in [1.165, 1.54) is 0 Å². The van der Waals surface area contributed by atoms with Crippen molar-refractivity contribution < 1.29 is 9.59 Å². The zero-order chi connectivity index (χ0) is 21.9. The first-order valence-corrected chi connectivity index (χ1v) is 10.5. The molecule has 0 spiro atoms. The van der Waals surface area contributed by atoms with Crippen LogP contribution in [0.3, 0.4) is 0 Å². The average Bonchev–Trinajstić information content (AvgIpc) is 3.11. The summed E-state index contributed by atoms with van der Waals surface area (Å²) >= 11 is 3.35. The third kappa shape index (κ3) is 4.97. The molecular formula is C23H25BrN4O2. The Morgan fingerprint density at radius 1 is 1.07 bits per heavy atom. The van der Waals surface area contributed by atoms with Gasteiger partial charge in [0.05, 0.1) is 23.5 Å². The molecule has 0 radical (unpaired) electrons. The average molecular weight is 469 g/mol. The number of nitrogens with zero attached hydrogens (tertiary/aromatic N) is 2. The van der Waals surface area contributed by atoms with Crippen molar-refractivity contribution in [2.45, 2.75) is 33.1 Å². The van der Waals surface area contributed by atoms with Gasteiger partial charge in [-0.3, -0.25) is 9.59 Å². The van der Waals surface area contributed by atoms with Gasteiger partial charge in [-0.15, -0.1) is 0 Å². The number of carbonyl (C=O) groups excluding carboxylic acids is 2. The number of carbonyl (C=O) groups is 2. The molecule has 0 bridgehead atoms. The minimum absolute atomic E-state index is 0.149. The molecule has 0 saturated heterocycles. The normalized spacial score (nSPS) is 11.2. The Kier molecular flexibility index (Phi) is 6.41. The van der Waals surface area contributed by atoms with Crippen LogP contribution in [0.2, 0.25) is 0 Å². The van der Waals surface area contributed by atoms with Crippen LogP contribution < -0.4 is 10.6 Å². The predicted molar refractivity (Wildman–Crippen MR) is 122 cm³/mol. The minimum Gasteiger partial charge on any atom is -0.343 e. The predicted octanol–water partition coefficient (Wildman–Crippen LogP) is 4.61. The van der Waals surface area contributed by atoms with Gasteiger partial charge in [-0.25, -0.2) is 4.68 Å².